The number of halogens is 1. The molecule has 1 aliphatic rings. The van der Waals surface area contributed by atoms with Crippen molar-refractivity contribution in [2.45, 2.75) is 18.9 Å². The van der Waals surface area contributed by atoms with Crippen molar-refractivity contribution in [2.75, 3.05) is 6.61 Å². The number of rotatable bonds is 3. The summed E-state index contributed by atoms with van der Waals surface area (Å²) in [5.41, 5.74) is 7.53. The fraction of sp³-hybridized carbons (Fsp3) is 0.190. The number of ether oxygens (including phenoxy) is 1. The number of hydrazine groups is 1. The number of hydrogen-bond donors (Lipinski definition) is 2. The molecule has 1 saturated heterocycles. The van der Waals surface area contributed by atoms with Crippen molar-refractivity contribution in [3.05, 3.63) is 65.2 Å². The molecule has 2 aromatic carbocycles. The molecule has 1 unspecified atom stereocenters. The monoisotopic (exact) mass is 395 g/mol. The third-order valence-corrected chi connectivity index (χ3v) is 4.87. The lowest BCUT2D eigenvalue weighted by molar-refractivity contribution is -0.130. The molecule has 2 heterocycles. The predicted molar refractivity (Wildman–Crippen MR) is 107 cm³/mol. The number of benzene rings is 2. The zero-order valence-corrected chi connectivity index (χ0v) is 15.7. The van der Waals surface area contributed by atoms with Gasteiger partial charge >= 0.3 is 0 Å². The second-order valence-electron chi connectivity index (χ2n) is 6.52. The Morgan fingerprint density at radius 3 is 2.61 bits per heavy atom. The summed E-state index contributed by atoms with van der Waals surface area (Å²) in [6.45, 7) is 0.561. The Morgan fingerprint density at radius 2 is 1.86 bits per heavy atom. The highest BCUT2D eigenvalue weighted by Gasteiger charge is 2.24. The molecule has 4 rings (SSSR count). The summed E-state index contributed by atoms with van der Waals surface area (Å²) >= 11 is 5.97. The van der Waals surface area contributed by atoms with Gasteiger partial charge in [-0.3, -0.25) is 20.4 Å². The minimum absolute atomic E-state index is 0.345. The lowest BCUT2D eigenvalue weighted by atomic mass is 10.0. The van der Waals surface area contributed by atoms with E-state index in [2.05, 4.69) is 15.8 Å². The van der Waals surface area contributed by atoms with Crippen molar-refractivity contribution in [3.8, 4) is 11.3 Å². The average molecular weight is 396 g/mol. The van der Waals surface area contributed by atoms with Crippen molar-refractivity contribution in [3.63, 3.8) is 0 Å². The van der Waals surface area contributed by atoms with Crippen molar-refractivity contribution in [1.82, 2.24) is 15.8 Å². The SMILES string of the molecule is O=C(NNC(=O)C1CCCO1)c1cc(-c2ccc(Cl)cc2)nc2ccccc12. The quantitative estimate of drug-likeness (QED) is 0.665. The van der Waals surface area contributed by atoms with Crippen LogP contribution in [0.25, 0.3) is 22.2 Å². The van der Waals surface area contributed by atoms with Crippen LogP contribution in [0.1, 0.15) is 23.2 Å². The first-order valence-corrected chi connectivity index (χ1v) is 9.37. The van der Waals surface area contributed by atoms with Crippen LogP contribution in [-0.4, -0.2) is 29.5 Å². The lowest BCUT2D eigenvalue weighted by Crippen LogP contribution is -2.46. The van der Waals surface area contributed by atoms with E-state index in [0.29, 0.717) is 40.2 Å². The van der Waals surface area contributed by atoms with Gasteiger partial charge in [-0.05, 0) is 37.1 Å². The smallest absolute Gasteiger partial charge is 0.270 e. The number of nitrogens with one attached hydrogen (secondary N) is 2. The van der Waals surface area contributed by atoms with Gasteiger partial charge in [-0.2, -0.15) is 0 Å². The van der Waals surface area contributed by atoms with E-state index in [1.54, 1.807) is 18.2 Å². The predicted octanol–water partition coefficient (Wildman–Crippen LogP) is 3.50. The molecule has 0 radical (unpaired) electrons. The van der Waals surface area contributed by atoms with Crippen LogP contribution in [0.15, 0.2) is 54.6 Å². The second kappa shape index (κ2) is 7.96. The highest BCUT2D eigenvalue weighted by molar-refractivity contribution is 6.30. The summed E-state index contributed by atoms with van der Waals surface area (Å²) in [6, 6.07) is 16.3. The summed E-state index contributed by atoms with van der Waals surface area (Å²) in [7, 11) is 0. The second-order valence-corrected chi connectivity index (χ2v) is 6.96. The van der Waals surface area contributed by atoms with Gasteiger partial charge in [0.25, 0.3) is 11.8 Å². The molecule has 3 aromatic rings. The Bertz CT molecular complexity index is 1030. The molecule has 0 saturated carbocycles. The van der Waals surface area contributed by atoms with E-state index in [-0.39, 0.29) is 5.91 Å². The molecule has 2 amide bonds. The maximum absolute atomic E-state index is 12.8. The molecular weight excluding hydrogens is 378 g/mol. The van der Waals surface area contributed by atoms with Gasteiger partial charge in [0.15, 0.2) is 0 Å². The molecule has 1 aromatic heterocycles. The first-order chi connectivity index (χ1) is 13.6. The number of para-hydroxylation sites is 1. The van der Waals surface area contributed by atoms with E-state index in [9.17, 15) is 9.59 Å². The van der Waals surface area contributed by atoms with Gasteiger partial charge in [-0.15, -0.1) is 0 Å². The first-order valence-electron chi connectivity index (χ1n) is 8.99. The molecule has 2 N–H and O–H groups in total. The Labute approximate surface area is 166 Å². The topological polar surface area (TPSA) is 80.3 Å². The number of fused-ring (bicyclic) bond motifs is 1. The molecule has 0 aliphatic carbocycles. The van der Waals surface area contributed by atoms with E-state index in [1.165, 1.54) is 0 Å². The van der Waals surface area contributed by atoms with Gasteiger partial charge in [0, 0.05) is 22.6 Å². The Morgan fingerprint density at radius 1 is 1.07 bits per heavy atom. The van der Waals surface area contributed by atoms with Gasteiger partial charge in [-0.25, -0.2) is 4.98 Å². The zero-order valence-electron chi connectivity index (χ0n) is 14.9. The van der Waals surface area contributed by atoms with Crippen molar-refractivity contribution in [1.29, 1.82) is 0 Å². The van der Waals surface area contributed by atoms with Crippen LogP contribution in [0.2, 0.25) is 5.02 Å². The van der Waals surface area contributed by atoms with E-state index < -0.39 is 12.0 Å². The zero-order chi connectivity index (χ0) is 19.5. The molecule has 142 valence electrons. The molecule has 0 bridgehead atoms. The van der Waals surface area contributed by atoms with E-state index in [0.717, 1.165) is 12.0 Å². The van der Waals surface area contributed by atoms with Crippen LogP contribution in [-0.2, 0) is 9.53 Å². The molecule has 6 nitrogen and oxygen atoms in total. The molecular formula is C21H18ClN3O3. The van der Waals surface area contributed by atoms with Crippen LogP contribution in [0, 0.1) is 0 Å². The number of carbonyl (C=O) groups is 2. The largest absolute Gasteiger partial charge is 0.368 e. The average Bonchev–Trinajstić information content (AvgIpc) is 3.26. The fourth-order valence-corrected chi connectivity index (χ4v) is 3.31. The van der Waals surface area contributed by atoms with Crippen molar-refractivity contribution in [2.24, 2.45) is 0 Å². The number of amides is 2. The number of pyridine rings is 1. The number of carbonyl (C=O) groups excluding carboxylic acids is 2. The van der Waals surface area contributed by atoms with Crippen LogP contribution in [0.5, 0.6) is 0 Å². The van der Waals surface area contributed by atoms with E-state index >= 15 is 0 Å². The van der Waals surface area contributed by atoms with Gasteiger partial charge in [-0.1, -0.05) is 41.9 Å². The number of nitrogens with zero attached hydrogens (tertiary/aromatic N) is 1. The molecule has 1 atom stereocenters. The van der Waals surface area contributed by atoms with Crippen molar-refractivity contribution < 1.29 is 14.3 Å². The third kappa shape index (κ3) is 3.83. The van der Waals surface area contributed by atoms with Crippen LogP contribution >= 0.6 is 11.6 Å². The summed E-state index contributed by atoms with van der Waals surface area (Å²) in [5, 5.41) is 1.32. The Kier molecular flexibility index (Phi) is 5.23. The summed E-state index contributed by atoms with van der Waals surface area (Å²) < 4.78 is 5.33. The lowest BCUT2D eigenvalue weighted by Gasteiger charge is -2.13. The van der Waals surface area contributed by atoms with Crippen LogP contribution in [0.4, 0.5) is 0 Å². The molecule has 1 fully saturated rings. The van der Waals surface area contributed by atoms with Gasteiger partial charge in [0.05, 0.1) is 16.8 Å². The standard InChI is InChI=1S/C21H18ClN3O3/c22-14-9-7-13(8-10-14)18-12-16(15-4-1-2-5-17(15)23-18)20(26)24-25-21(27)19-6-3-11-28-19/h1-2,4-5,7-10,12,19H,3,6,11H2,(H,24,26)(H,25,27). The molecule has 7 heteroatoms. The molecule has 1 aliphatic heterocycles. The summed E-state index contributed by atoms with van der Waals surface area (Å²) in [6.07, 6.45) is 0.977. The molecule has 28 heavy (non-hydrogen) atoms. The van der Waals surface area contributed by atoms with Crippen LogP contribution in [0.3, 0.4) is 0 Å². The minimum atomic E-state index is -0.515. The van der Waals surface area contributed by atoms with Gasteiger partial charge in [0.1, 0.15) is 6.10 Å². The Balaban J connectivity index is 1.63. The number of hydrogen-bond acceptors (Lipinski definition) is 4. The van der Waals surface area contributed by atoms with E-state index in [1.807, 2.05) is 36.4 Å². The van der Waals surface area contributed by atoms with Crippen LogP contribution < -0.4 is 10.9 Å². The first kappa shape index (κ1) is 18.4. The minimum Gasteiger partial charge on any atom is -0.368 e. The third-order valence-electron chi connectivity index (χ3n) is 4.62. The molecule has 0 spiro atoms. The Hall–Kier alpha value is -2.96. The van der Waals surface area contributed by atoms with Gasteiger partial charge < -0.3 is 4.74 Å². The van der Waals surface area contributed by atoms with Crippen molar-refractivity contribution >= 4 is 34.3 Å². The fourth-order valence-electron chi connectivity index (χ4n) is 3.18. The van der Waals surface area contributed by atoms with E-state index in [4.69, 9.17) is 16.3 Å². The summed E-state index contributed by atoms with van der Waals surface area (Å²) in [4.78, 5) is 29.5. The number of aromatic nitrogens is 1. The summed E-state index contributed by atoms with van der Waals surface area (Å²) in [5.74, 6) is -0.762. The maximum atomic E-state index is 12.8. The van der Waals surface area contributed by atoms with Gasteiger partial charge in [0.2, 0.25) is 0 Å². The maximum Gasteiger partial charge on any atom is 0.270 e. The highest BCUT2D eigenvalue weighted by Crippen LogP contribution is 2.26. The normalized spacial score (nSPS) is 16.1. The highest BCUT2D eigenvalue weighted by atomic mass is 35.5.